The van der Waals surface area contributed by atoms with Crippen molar-refractivity contribution in [1.29, 1.82) is 0 Å². The lowest BCUT2D eigenvalue weighted by Crippen LogP contribution is -2.03. The average Bonchev–Trinajstić information content (AvgIpc) is 4.08. The minimum atomic E-state index is 0.602. The van der Waals surface area contributed by atoms with E-state index in [-0.39, 0.29) is 0 Å². The van der Waals surface area contributed by atoms with E-state index in [4.69, 9.17) is 15.0 Å². The van der Waals surface area contributed by atoms with Gasteiger partial charge in [-0.2, -0.15) is 0 Å². The molecule has 10 aromatic rings. The van der Waals surface area contributed by atoms with E-state index in [9.17, 15) is 0 Å². The maximum Gasteiger partial charge on any atom is 0.164 e. The molecule has 2 atom stereocenters. The number of allylic oxidation sites excluding steroid dienone is 1. The number of para-hydroxylation sites is 1. The van der Waals surface area contributed by atoms with Crippen molar-refractivity contribution in [2.24, 2.45) is 5.92 Å². The van der Waals surface area contributed by atoms with Crippen molar-refractivity contribution in [3.05, 3.63) is 224 Å². The number of aromatic nitrogens is 4. The zero-order valence-electron chi connectivity index (χ0n) is 33.9. The van der Waals surface area contributed by atoms with Crippen LogP contribution in [0, 0.1) is 5.92 Å². The first-order valence-corrected chi connectivity index (χ1v) is 21.4. The standard InChI is InChI=1S/C58H40N4/c1-3-14-38(15-4-1)42-18-11-19-43(34-42)40-28-30-41(31-29-40)56-59-57(47-22-13-23-48(36-47)62-53-27-10-9-26-51(53)55-52-37-46(52)32-33-54(55)62)61-58(60-56)50-25-8-7-24-49(50)45-21-12-20-44(35-45)39-16-5-2-6-17-39/h1-36,46,52H,37H2. The van der Waals surface area contributed by atoms with Crippen LogP contribution < -0.4 is 0 Å². The first-order valence-electron chi connectivity index (χ1n) is 21.4. The molecule has 8 aromatic carbocycles. The van der Waals surface area contributed by atoms with Crippen molar-refractivity contribution in [3.8, 4) is 84.4 Å². The van der Waals surface area contributed by atoms with Gasteiger partial charge in [0.1, 0.15) is 0 Å². The van der Waals surface area contributed by atoms with Gasteiger partial charge in [-0.25, -0.2) is 15.0 Å². The van der Waals surface area contributed by atoms with Gasteiger partial charge >= 0.3 is 0 Å². The molecule has 0 spiro atoms. The molecule has 0 aliphatic heterocycles. The number of rotatable bonds is 8. The molecule has 4 nitrogen and oxygen atoms in total. The fraction of sp³-hybridized carbons (Fsp3) is 0.0517. The van der Waals surface area contributed by atoms with Crippen LogP contribution in [0.4, 0.5) is 0 Å². The van der Waals surface area contributed by atoms with Crippen LogP contribution in [-0.4, -0.2) is 19.5 Å². The molecule has 0 radical (unpaired) electrons. The van der Waals surface area contributed by atoms with Crippen molar-refractivity contribution < 1.29 is 0 Å². The van der Waals surface area contributed by atoms with Gasteiger partial charge in [-0.15, -0.1) is 0 Å². The summed E-state index contributed by atoms with van der Waals surface area (Å²) in [5, 5.41) is 1.35. The van der Waals surface area contributed by atoms with Crippen LogP contribution in [0.25, 0.3) is 101 Å². The van der Waals surface area contributed by atoms with Crippen molar-refractivity contribution >= 4 is 17.0 Å². The quantitative estimate of drug-likeness (QED) is 0.154. The molecule has 2 unspecified atom stereocenters. The molecule has 2 aromatic heterocycles. The van der Waals surface area contributed by atoms with Crippen LogP contribution in [0.3, 0.4) is 0 Å². The number of benzene rings is 8. The first-order chi connectivity index (χ1) is 30.7. The van der Waals surface area contributed by atoms with Crippen molar-refractivity contribution in [3.63, 3.8) is 0 Å². The average molecular weight is 793 g/mol. The van der Waals surface area contributed by atoms with Crippen molar-refractivity contribution in [1.82, 2.24) is 19.5 Å². The molecule has 2 aliphatic carbocycles. The Labute approximate surface area is 361 Å². The highest BCUT2D eigenvalue weighted by Gasteiger charge is 2.42. The minimum Gasteiger partial charge on any atom is -0.310 e. The van der Waals surface area contributed by atoms with Crippen LogP contribution >= 0.6 is 0 Å². The second kappa shape index (κ2) is 14.9. The van der Waals surface area contributed by atoms with Crippen LogP contribution in [-0.2, 0) is 0 Å². The van der Waals surface area contributed by atoms with Gasteiger partial charge in [0.25, 0.3) is 0 Å². The molecule has 1 fully saturated rings. The smallest absolute Gasteiger partial charge is 0.164 e. The Balaban J connectivity index is 0.991. The predicted octanol–water partition coefficient (Wildman–Crippen LogP) is 14.6. The monoisotopic (exact) mass is 792 g/mol. The van der Waals surface area contributed by atoms with Crippen LogP contribution in [0.5, 0.6) is 0 Å². The molecule has 0 N–H and O–H groups in total. The molecule has 2 heterocycles. The van der Waals surface area contributed by atoms with Crippen molar-refractivity contribution in [2.75, 3.05) is 0 Å². The number of nitrogens with zero attached hydrogens (tertiary/aromatic N) is 4. The summed E-state index contributed by atoms with van der Waals surface area (Å²) in [6.45, 7) is 0. The highest BCUT2D eigenvalue weighted by Crippen LogP contribution is 2.56. The largest absolute Gasteiger partial charge is 0.310 e. The van der Waals surface area contributed by atoms with Crippen molar-refractivity contribution in [2.45, 2.75) is 12.3 Å². The zero-order chi connectivity index (χ0) is 41.0. The minimum absolute atomic E-state index is 0.602. The van der Waals surface area contributed by atoms with Gasteiger partial charge in [-0.3, -0.25) is 0 Å². The molecule has 1 saturated carbocycles. The summed E-state index contributed by atoms with van der Waals surface area (Å²) < 4.78 is 2.42. The van der Waals surface area contributed by atoms with E-state index in [2.05, 4.69) is 223 Å². The normalized spacial score (nSPS) is 15.0. The summed E-state index contributed by atoms with van der Waals surface area (Å²) >= 11 is 0. The molecule has 4 heteroatoms. The lowest BCUT2D eigenvalue weighted by molar-refractivity contribution is 0.975. The summed E-state index contributed by atoms with van der Waals surface area (Å²) in [7, 11) is 0. The van der Waals surface area contributed by atoms with E-state index in [1.807, 2.05) is 0 Å². The Bertz CT molecular complexity index is 3330. The third kappa shape index (κ3) is 6.45. The molecular formula is C58H40N4. The summed E-state index contributed by atoms with van der Waals surface area (Å²) in [6, 6.07) is 73.1. The van der Waals surface area contributed by atoms with Gasteiger partial charge in [0.05, 0.1) is 11.2 Å². The molecule has 2 aliphatic rings. The summed E-state index contributed by atoms with van der Waals surface area (Å²) in [4.78, 5) is 15.8. The number of hydrogen-bond acceptors (Lipinski definition) is 3. The first kappa shape index (κ1) is 35.9. The van der Waals surface area contributed by atoms with Gasteiger partial charge in [-0.05, 0) is 105 Å². The summed E-state index contributed by atoms with van der Waals surface area (Å²) in [6.07, 6.45) is 5.96. The fourth-order valence-electron chi connectivity index (χ4n) is 9.38. The Morgan fingerprint density at radius 2 is 0.903 bits per heavy atom. The third-order valence-electron chi connectivity index (χ3n) is 12.6. The fourth-order valence-corrected chi connectivity index (χ4v) is 9.38. The second-order valence-electron chi connectivity index (χ2n) is 16.4. The van der Waals surface area contributed by atoms with Gasteiger partial charge in [-0.1, -0.05) is 182 Å². The maximum absolute atomic E-state index is 5.32. The van der Waals surface area contributed by atoms with E-state index in [1.165, 1.54) is 45.3 Å². The Morgan fingerprint density at radius 1 is 0.387 bits per heavy atom. The van der Waals surface area contributed by atoms with E-state index >= 15 is 0 Å². The lowest BCUT2D eigenvalue weighted by atomic mass is 9.95. The zero-order valence-corrected chi connectivity index (χ0v) is 33.9. The number of fused-ring (bicyclic) bond motifs is 5. The molecule has 0 amide bonds. The maximum atomic E-state index is 5.32. The van der Waals surface area contributed by atoms with Crippen LogP contribution in [0.1, 0.15) is 23.6 Å². The topological polar surface area (TPSA) is 43.6 Å². The molecule has 62 heavy (non-hydrogen) atoms. The van der Waals surface area contributed by atoms with E-state index in [0.717, 1.165) is 50.2 Å². The number of hydrogen-bond donors (Lipinski definition) is 0. The molecule has 292 valence electrons. The summed E-state index contributed by atoms with van der Waals surface area (Å²) in [5.41, 5.74) is 17.1. The van der Waals surface area contributed by atoms with Gasteiger partial charge in [0.2, 0.25) is 0 Å². The highest BCUT2D eigenvalue weighted by molar-refractivity contribution is 5.92. The molecule has 0 bridgehead atoms. The Morgan fingerprint density at radius 3 is 1.63 bits per heavy atom. The van der Waals surface area contributed by atoms with E-state index < -0.39 is 0 Å². The van der Waals surface area contributed by atoms with Crippen LogP contribution in [0.15, 0.2) is 212 Å². The van der Waals surface area contributed by atoms with Gasteiger partial charge in [0.15, 0.2) is 17.5 Å². The Hall–Kier alpha value is -7.95. The van der Waals surface area contributed by atoms with Gasteiger partial charge in [0, 0.05) is 27.8 Å². The second-order valence-corrected chi connectivity index (χ2v) is 16.4. The SMILES string of the molecule is C1=CC2CC2c2c1n(-c1cccc(-c3nc(-c4ccc(-c5cccc(-c6ccccc6)c5)cc4)nc(-c4ccccc4-c4cccc(-c5ccccc5)c4)n3)c1)c1ccccc21. The third-order valence-corrected chi connectivity index (χ3v) is 12.6. The van der Waals surface area contributed by atoms with Gasteiger partial charge < -0.3 is 4.57 Å². The predicted molar refractivity (Wildman–Crippen MR) is 255 cm³/mol. The Kier molecular flexibility index (Phi) is 8.67. The highest BCUT2D eigenvalue weighted by atomic mass is 15.0. The lowest BCUT2D eigenvalue weighted by Gasteiger charge is -2.15. The van der Waals surface area contributed by atoms with Crippen LogP contribution in [0.2, 0.25) is 0 Å². The molecule has 0 saturated heterocycles. The molecule has 12 rings (SSSR count). The van der Waals surface area contributed by atoms with E-state index in [1.54, 1.807) is 0 Å². The van der Waals surface area contributed by atoms with E-state index in [0.29, 0.717) is 29.3 Å². The summed E-state index contributed by atoms with van der Waals surface area (Å²) in [5.74, 6) is 3.14. The molecular weight excluding hydrogens is 753 g/mol.